The summed E-state index contributed by atoms with van der Waals surface area (Å²) in [4.78, 5) is 41.2. The summed E-state index contributed by atoms with van der Waals surface area (Å²) in [7, 11) is 1.85. The van der Waals surface area contributed by atoms with Crippen molar-refractivity contribution >= 4 is 56.9 Å². The lowest BCUT2D eigenvalue weighted by molar-refractivity contribution is -0.131. The SMILES string of the molecule is CC(C)c1noc(/C=C/C(=O)N2CC(CN(C)c3nc(OC[C@@]45CCCN4C[C@H](F)C5)nc4c(F)c(-c5nc(N)cc6cccc(Cl)c56)ncc34)C2)n1. The molecule has 1 amide bonds. The van der Waals surface area contributed by atoms with E-state index in [1.807, 2.05) is 31.9 Å². The van der Waals surface area contributed by atoms with Crippen LogP contribution in [0.25, 0.3) is 39.1 Å². The number of nitrogens with zero attached hydrogens (tertiary/aromatic N) is 9. The van der Waals surface area contributed by atoms with E-state index in [-0.39, 0.29) is 59.0 Å². The molecule has 3 aliphatic heterocycles. The monoisotopic (exact) mass is 744 g/mol. The molecule has 0 aliphatic carbocycles. The molecule has 0 saturated carbocycles. The molecule has 3 aliphatic rings. The molecule has 2 atom stereocenters. The number of aromatic nitrogens is 6. The zero-order valence-corrected chi connectivity index (χ0v) is 30.4. The van der Waals surface area contributed by atoms with Gasteiger partial charge in [0.05, 0.1) is 15.9 Å². The number of halogens is 3. The van der Waals surface area contributed by atoms with Crippen molar-refractivity contribution in [1.29, 1.82) is 0 Å². The van der Waals surface area contributed by atoms with Crippen LogP contribution in [0.1, 0.15) is 50.7 Å². The average Bonchev–Trinajstić information content (AvgIpc) is 3.82. The fourth-order valence-electron chi connectivity index (χ4n) is 7.79. The maximum Gasteiger partial charge on any atom is 0.319 e. The van der Waals surface area contributed by atoms with E-state index < -0.39 is 17.5 Å². The first-order valence-electron chi connectivity index (χ1n) is 17.7. The van der Waals surface area contributed by atoms with E-state index in [1.165, 1.54) is 18.3 Å². The summed E-state index contributed by atoms with van der Waals surface area (Å²) in [5, 5.41) is 5.86. The third-order valence-electron chi connectivity index (χ3n) is 10.4. The number of benzene rings is 1. The molecule has 2 N–H and O–H groups in total. The Morgan fingerprint density at radius 2 is 2.04 bits per heavy atom. The first-order valence-corrected chi connectivity index (χ1v) is 18.1. The second-order valence-electron chi connectivity index (χ2n) is 14.6. The van der Waals surface area contributed by atoms with Gasteiger partial charge in [-0.2, -0.15) is 15.0 Å². The number of nitrogen functional groups attached to an aromatic ring is 1. The number of likely N-dealkylation sites (tertiary alicyclic amines) is 1. The van der Waals surface area contributed by atoms with Gasteiger partial charge in [-0.05, 0) is 36.9 Å². The maximum atomic E-state index is 16.8. The number of alkyl halides is 1. The molecule has 0 radical (unpaired) electrons. The van der Waals surface area contributed by atoms with E-state index in [1.54, 1.807) is 23.1 Å². The first kappa shape index (κ1) is 35.0. The third-order valence-corrected chi connectivity index (χ3v) is 10.7. The second kappa shape index (κ2) is 13.8. The molecule has 3 saturated heterocycles. The molecule has 0 unspecified atom stereocenters. The highest BCUT2D eigenvalue weighted by atomic mass is 35.5. The lowest BCUT2D eigenvalue weighted by atomic mass is 9.95. The zero-order valence-electron chi connectivity index (χ0n) is 29.6. The van der Waals surface area contributed by atoms with E-state index in [0.29, 0.717) is 65.4 Å². The molecule has 7 heterocycles. The Balaban J connectivity index is 1.08. The Hall–Kier alpha value is -5.02. The zero-order chi connectivity index (χ0) is 37.0. The van der Waals surface area contributed by atoms with E-state index in [0.717, 1.165) is 19.4 Å². The van der Waals surface area contributed by atoms with E-state index in [2.05, 4.69) is 30.0 Å². The molecule has 3 fully saturated rings. The number of ether oxygens (including phenoxy) is 1. The maximum absolute atomic E-state index is 16.8. The van der Waals surface area contributed by atoms with Crippen LogP contribution < -0.4 is 15.4 Å². The molecular formula is C37H39ClF2N10O3. The normalized spacial score (nSPS) is 20.6. The van der Waals surface area contributed by atoms with Gasteiger partial charge in [-0.3, -0.25) is 14.7 Å². The number of fused-ring (bicyclic) bond motifs is 3. The van der Waals surface area contributed by atoms with Crippen molar-refractivity contribution < 1.29 is 22.8 Å². The van der Waals surface area contributed by atoms with Crippen LogP contribution in [0.4, 0.5) is 20.4 Å². The predicted octanol–water partition coefficient (Wildman–Crippen LogP) is 5.68. The molecule has 8 rings (SSSR count). The van der Waals surface area contributed by atoms with E-state index >= 15 is 4.39 Å². The van der Waals surface area contributed by atoms with Gasteiger partial charge in [-0.1, -0.05) is 42.7 Å². The lowest BCUT2D eigenvalue weighted by Gasteiger charge is -2.40. The fraction of sp³-hybridized carbons (Fsp3) is 0.432. The van der Waals surface area contributed by atoms with Crippen molar-refractivity contribution in [3.05, 3.63) is 59.1 Å². The molecule has 0 spiro atoms. The van der Waals surface area contributed by atoms with Crippen LogP contribution in [0.3, 0.4) is 0 Å². The molecule has 1 aromatic carbocycles. The van der Waals surface area contributed by atoms with Gasteiger partial charge >= 0.3 is 6.01 Å². The minimum absolute atomic E-state index is 0.0148. The molecule has 276 valence electrons. The lowest BCUT2D eigenvalue weighted by Crippen LogP contribution is -2.53. The van der Waals surface area contributed by atoms with Crippen molar-refractivity contribution in [3.8, 4) is 17.4 Å². The molecule has 16 heteroatoms. The van der Waals surface area contributed by atoms with Crippen molar-refractivity contribution in [1.82, 2.24) is 39.9 Å². The van der Waals surface area contributed by atoms with E-state index in [9.17, 15) is 9.18 Å². The number of carbonyl (C=O) groups excluding carboxylic acids is 1. The topological polar surface area (TPSA) is 153 Å². The summed E-state index contributed by atoms with van der Waals surface area (Å²) in [6.07, 6.45) is 5.64. The van der Waals surface area contributed by atoms with Crippen molar-refractivity contribution in [3.63, 3.8) is 0 Å². The van der Waals surface area contributed by atoms with Crippen molar-refractivity contribution in [2.24, 2.45) is 5.92 Å². The van der Waals surface area contributed by atoms with Crippen molar-refractivity contribution in [2.45, 2.75) is 50.7 Å². The summed E-state index contributed by atoms with van der Waals surface area (Å²) in [5.41, 5.74) is 5.79. The van der Waals surface area contributed by atoms with Crippen LogP contribution in [0, 0.1) is 11.7 Å². The minimum atomic E-state index is -0.933. The number of anilines is 2. The number of hydrogen-bond donors (Lipinski definition) is 1. The van der Waals surface area contributed by atoms with Crippen LogP contribution in [0.5, 0.6) is 6.01 Å². The number of rotatable bonds is 10. The fourth-order valence-corrected chi connectivity index (χ4v) is 8.06. The number of amides is 1. The van der Waals surface area contributed by atoms with Crippen LogP contribution in [0.2, 0.25) is 5.02 Å². The molecule has 4 aromatic heterocycles. The van der Waals surface area contributed by atoms with Gasteiger partial charge < -0.3 is 24.8 Å². The molecule has 53 heavy (non-hydrogen) atoms. The second-order valence-corrected chi connectivity index (χ2v) is 15.0. The number of pyridine rings is 2. The molecular weight excluding hydrogens is 706 g/mol. The van der Waals surface area contributed by atoms with Gasteiger partial charge in [-0.15, -0.1) is 0 Å². The standard InChI is InChI=1S/C37H39ClF2N10O3/c1-20(2)34-44-27(53-47-34)8-9-28(51)49-16-21(17-49)15-48(3)35-24-14-42-33(32-29-22(12-26(41)43-32)6-4-7-25(29)38)30(40)31(24)45-36(46-35)52-19-37-10-5-11-50(37)18-23(39)13-37/h4,6-9,12,14,20-21,23H,5,10-11,13,15-19H2,1-3H3,(H2,41,43)/b9-8+/t23-,37+/m1/s1. The summed E-state index contributed by atoms with van der Waals surface area (Å²) in [6, 6.07) is 6.94. The highest BCUT2D eigenvalue weighted by Gasteiger charge is 2.49. The minimum Gasteiger partial charge on any atom is -0.461 e. The number of carbonyl (C=O) groups is 1. The Morgan fingerprint density at radius 3 is 2.83 bits per heavy atom. The van der Waals surface area contributed by atoms with Crippen LogP contribution in [0.15, 0.2) is 41.1 Å². The smallest absolute Gasteiger partial charge is 0.319 e. The highest BCUT2D eigenvalue weighted by Crippen LogP contribution is 2.41. The third kappa shape index (κ3) is 6.60. The van der Waals surface area contributed by atoms with Gasteiger partial charge in [0.1, 0.15) is 41.3 Å². The van der Waals surface area contributed by atoms with Crippen molar-refractivity contribution in [2.75, 3.05) is 57.0 Å². The molecule has 13 nitrogen and oxygen atoms in total. The Morgan fingerprint density at radius 1 is 1.21 bits per heavy atom. The van der Waals surface area contributed by atoms with Gasteiger partial charge in [0.15, 0.2) is 11.6 Å². The van der Waals surface area contributed by atoms with Crippen LogP contribution in [-0.4, -0.2) is 104 Å². The Bertz CT molecular complexity index is 2250. The Labute approximate surface area is 309 Å². The first-order chi connectivity index (χ1) is 25.5. The predicted molar refractivity (Wildman–Crippen MR) is 197 cm³/mol. The quantitative estimate of drug-likeness (QED) is 0.175. The molecule has 0 bridgehead atoms. The summed E-state index contributed by atoms with van der Waals surface area (Å²) < 4.78 is 42.8. The van der Waals surface area contributed by atoms with Crippen LogP contribution in [-0.2, 0) is 4.79 Å². The summed E-state index contributed by atoms with van der Waals surface area (Å²) in [5.74, 6) is 0.764. The van der Waals surface area contributed by atoms with Gasteiger partial charge in [0.25, 0.3) is 5.89 Å². The number of hydrogen-bond acceptors (Lipinski definition) is 12. The van der Waals surface area contributed by atoms with Gasteiger partial charge in [-0.25, -0.2) is 13.8 Å². The highest BCUT2D eigenvalue weighted by molar-refractivity contribution is 6.36. The average molecular weight is 745 g/mol. The van der Waals surface area contributed by atoms with Gasteiger partial charge in [0, 0.05) is 75.2 Å². The summed E-state index contributed by atoms with van der Waals surface area (Å²) in [6.45, 7) is 6.79. The van der Waals surface area contributed by atoms with Gasteiger partial charge in [0.2, 0.25) is 5.91 Å². The molecule has 5 aromatic rings. The summed E-state index contributed by atoms with van der Waals surface area (Å²) >= 11 is 6.59. The van der Waals surface area contributed by atoms with Crippen LogP contribution >= 0.6 is 11.6 Å². The largest absolute Gasteiger partial charge is 0.461 e. The van der Waals surface area contributed by atoms with E-state index in [4.69, 9.17) is 31.6 Å². The Kier molecular flexibility index (Phi) is 9.09. The number of nitrogens with two attached hydrogens (primary N) is 1.